The van der Waals surface area contributed by atoms with E-state index in [4.69, 9.17) is 4.74 Å². The van der Waals surface area contributed by atoms with Crippen LogP contribution in [0.2, 0.25) is 0 Å². The van der Waals surface area contributed by atoms with Crippen LogP contribution in [-0.2, 0) is 19.6 Å². The largest absolute Gasteiger partial charge is 0.461 e. The van der Waals surface area contributed by atoms with Crippen LogP contribution in [0.5, 0.6) is 0 Å². The molecule has 2 rings (SSSR count). The van der Waals surface area contributed by atoms with Gasteiger partial charge < -0.3 is 4.74 Å². The number of fused-ring (bicyclic) bond motifs is 1. The molecule has 1 heterocycles. The van der Waals surface area contributed by atoms with E-state index in [1.165, 1.54) is 12.3 Å². The number of sulfonamides is 1. The highest BCUT2D eigenvalue weighted by molar-refractivity contribution is 7.88. The molecule has 1 aromatic rings. The summed E-state index contributed by atoms with van der Waals surface area (Å²) in [6.45, 7) is 3.56. The molecule has 0 saturated carbocycles. The molecule has 0 radical (unpaired) electrons. The molecule has 0 amide bonds. The van der Waals surface area contributed by atoms with Gasteiger partial charge in [0.15, 0.2) is 0 Å². The number of hydrogen-bond donors (Lipinski definition) is 0. The maximum absolute atomic E-state index is 11.8. The molecule has 6 nitrogen and oxygen atoms in total. The SMILES string of the molecule is C=CCOC(=O)CC1c2ccccc2C=NN1S(C)(=O)=O. The Labute approximate surface area is 123 Å². The summed E-state index contributed by atoms with van der Waals surface area (Å²) in [6, 6.07) is 6.53. The van der Waals surface area contributed by atoms with Gasteiger partial charge in [-0.15, -0.1) is 0 Å². The van der Waals surface area contributed by atoms with E-state index in [1.54, 1.807) is 12.1 Å². The van der Waals surface area contributed by atoms with Gasteiger partial charge in [0, 0.05) is 0 Å². The fourth-order valence-corrected chi connectivity index (χ4v) is 2.99. The zero-order valence-corrected chi connectivity index (χ0v) is 12.4. The third-order valence-corrected chi connectivity index (χ3v) is 4.02. The molecule has 0 aliphatic carbocycles. The lowest BCUT2D eigenvalue weighted by Crippen LogP contribution is -2.34. The Balaban J connectivity index is 2.33. The summed E-state index contributed by atoms with van der Waals surface area (Å²) in [7, 11) is -3.58. The van der Waals surface area contributed by atoms with Gasteiger partial charge in [-0.25, -0.2) is 8.42 Å². The maximum atomic E-state index is 11.8. The quantitative estimate of drug-likeness (QED) is 0.609. The van der Waals surface area contributed by atoms with E-state index in [2.05, 4.69) is 11.7 Å². The van der Waals surface area contributed by atoms with Crippen molar-refractivity contribution in [3.63, 3.8) is 0 Å². The summed E-state index contributed by atoms with van der Waals surface area (Å²) in [5, 5.41) is 3.95. The van der Waals surface area contributed by atoms with Gasteiger partial charge in [0.25, 0.3) is 0 Å². The first-order chi connectivity index (χ1) is 9.93. The van der Waals surface area contributed by atoms with E-state index in [0.29, 0.717) is 0 Å². The molecule has 0 bridgehead atoms. The van der Waals surface area contributed by atoms with E-state index in [0.717, 1.165) is 21.8 Å². The summed E-state index contributed by atoms with van der Waals surface area (Å²) in [6.07, 6.45) is 3.89. The Morgan fingerprint density at radius 3 is 2.86 bits per heavy atom. The van der Waals surface area contributed by atoms with E-state index in [9.17, 15) is 13.2 Å². The molecule has 1 aliphatic rings. The molecule has 1 atom stereocenters. The summed E-state index contributed by atoms with van der Waals surface area (Å²) >= 11 is 0. The van der Waals surface area contributed by atoms with Crippen molar-refractivity contribution in [1.29, 1.82) is 0 Å². The van der Waals surface area contributed by atoms with Crippen LogP contribution in [0.25, 0.3) is 0 Å². The predicted octanol–water partition coefficient (Wildman–Crippen LogP) is 1.46. The standard InChI is InChI=1S/C14H16N2O4S/c1-3-8-20-14(17)9-13-12-7-5-4-6-11(12)10-15-16(13)21(2,18)19/h3-7,10,13H,1,8-9H2,2H3. The number of ether oxygens (including phenoxy) is 1. The van der Waals surface area contributed by atoms with Crippen LogP contribution in [0.4, 0.5) is 0 Å². The lowest BCUT2D eigenvalue weighted by molar-refractivity contribution is -0.143. The van der Waals surface area contributed by atoms with Gasteiger partial charge in [-0.2, -0.15) is 9.52 Å². The number of esters is 1. The first-order valence-electron chi connectivity index (χ1n) is 6.32. The second-order valence-corrected chi connectivity index (χ2v) is 6.44. The number of carbonyl (C=O) groups is 1. The molecule has 21 heavy (non-hydrogen) atoms. The van der Waals surface area contributed by atoms with E-state index < -0.39 is 22.0 Å². The Bertz CT molecular complexity index is 682. The number of carbonyl (C=O) groups excluding carboxylic acids is 1. The van der Waals surface area contributed by atoms with Crippen molar-refractivity contribution < 1.29 is 17.9 Å². The van der Waals surface area contributed by atoms with Crippen LogP contribution in [0.1, 0.15) is 23.6 Å². The lowest BCUT2D eigenvalue weighted by Gasteiger charge is -2.30. The van der Waals surface area contributed by atoms with Gasteiger partial charge >= 0.3 is 5.97 Å². The van der Waals surface area contributed by atoms with Crippen LogP contribution in [0, 0.1) is 0 Å². The molecule has 0 aromatic heterocycles. The maximum Gasteiger partial charge on any atom is 0.308 e. The smallest absolute Gasteiger partial charge is 0.308 e. The first-order valence-corrected chi connectivity index (χ1v) is 8.17. The molecule has 0 spiro atoms. The van der Waals surface area contributed by atoms with Crippen LogP contribution in [0.3, 0.4) is 0 Å². The highest BCUT2D eigenvalue weighted by Gasteiger charge is 2.32. The van der Waals surface area contributed by atoms with Crippen LogP contribution in [0.15, 0.2) is 42.0 Å². The number of hydrazone groups is 1. The third kappa shape index (κ3) is 3.49. The Kier molecular flexibility index (Phi) is 4.42. The fourth-order valence-electron chi connectivity index (χ4n) is 2.12. The molecule has 112 valence electrons. The van der Waals surface area contributed by atoms with Crippen molar-refractivity contribution in [2.45, 2.75) is 12.5 Å². The van der Waals surface area contributed by atoms with Crippen molar-refractivity contribution in [2.24, 2.45) is 5.10 Å². The second-order valence-electron chi connectivity index (χ2n) is 4.60. The predicted molar refractivity (Wildman–Crippen MR) is 79.2 cm³/mol. The average molecular weight is 308 g/mol. The Hall–Kier alpha value is -2.15. The highest BCUT2D eigenvalue weighted by Crippen LogP contribution is 2.32. The molecule has 0 fully saturated rings. The van der Waals surface area contributed by atoms with E-state index in [-0.39, 0.29) is 13.0 Å². The number of rotatable bonds is 5. The molecule has 1 aromatic carbocycles. The molecule has 0 saturated heterocycles. The lowest BCUT2D eigenvalue weighted by atomic mass is 9.98. The second kappa shape index (κ2) is 6.09. The number of nitrogens with zero attached hydrogens (tertiary/aromatic N) is 2. The minimum atomic E-state index is -3.58. The van der Waals surface area contributed by atoms with Gasteiger partial charge in [0.1, 0.15) is 6.61 Å². The van der Waals surface area contributed by atoms with Crippen LogP contribution < -0.4 is 0 Å². The van der Waals surface area contributed by atoms with Crippen molar-refractivity contribution in [3.8, 4) is 0 Å². The molecule has 7 heteroatoms. The van der Waals surface area contributed by atoms with Gasteiger partial charge in [0.05, 0.1) is 24.9 Å². The minimum absolute atomic E-state index is 0.0926. The van der Waals surface area contributed by atoms with Gasteiger partial charge in [-0.1, -0.05) is 36.9 Å². The zero-order chi connectivity index (χ0) is 15.5. The molecule has 1 unspecified atom stereocenters. The van der Waals surface area contributed by atoms with Crippen molar-refractivity contribution in [2.75, 3.05) is 12.9 Å². The van der Waals surface area contributed by atoms with Gasteiger partial charge in [-0.05, 0) is 11.1 Å². The first kappa shape index (κ1) is 15.2. The van der Waals surface area contributed by atoms with Crippen LogP contribution in [-0.4, -0.2) is 37.9 Å². The van der Waals surface area contributed by atoms with E-state index in [1.807, 2.05) is 12.1 Å². The average Bonchev–Trinajstić information content (AvgIpc) is 2.44. The summed E-state index contributed by atoms with van der Waals surface area (Å²) in [5.41, 5.74) is 1.52. The van der Waals surface area contributed by atoms with Gasteiger partial charge in [-0.3, -0.25) is 4.79 Å². The molecule has 0 N–H and O–H groups in total. The normalized spacial score (nSPS) is 17.2. The number of hydrogen-bond acceptors (Lipinski definition) is 5. The van der Waals surface area contributed by atoms with Crippen molar-refractivity contribution >= 4 is 22.2 Å². The minimum Gasteiger partial charge on any atom is -0.461 e. The molecular formula is C14H16N2O4S. The van der Waals surface area contributed by atoms with Crippen LogP contribution >= 0.6 is 0 Å². The zero-order valence-electron chi connectivity index (χ0n) is 11.6. The third-order valence-electron chi connectivity index (χ3n) is 2.99. The number of benzene rings is 1. The summed E-state index contributed by atoms with van der Waals surface area (Å²) < 4.78 is 29.6. The van der Waals surface area contributed by atoms with Crippen molar-refractivity contribution in [3.05, 3.63) is 48.0 Å². The highest BCUT2D eigenvalue weighted by atomic mass is 32.2. The topological polar surface area (TPSA) is 76.0 Å². The summed E-state index contributed by atoms with van der Waals surface area (Å²) in [5.74, 6) is -0.500. The van der Waals surface area contributed by atoms with Crippen molar-refractivity contribution in [1.82, 2.24) is 4.41 Å². The molecular weight excluding hydrogens is 292 g/mol. The monoisotopic (exact) mass is 308 g/mol. The summed E-state index contributed by atoms with van der Waals surface area (Å²) in [4.78, 5) is 11.8. The van der Waals surface area contributed by atoms with Gasteiger partial charge in [0.2, 0.25) is 10.0 Å². The van der Waals surface area contributed by atoms with E-state index >= 15 is 0 Å². The molecule has 1 aliphatic heterocycles. The Morgan fingerprint density at radius 2 is 2.19 bits per heavy atom. The Morgan fingerprint density at radius 1 is 1.48 bits per heavy atom. The fraction of sp³-hybridized carbons (Fsp3) is 0.286.